The number of benzene rings is 2. The van der Waals surface area contributed by atoms with Crippen LogP contribution in [0.25, 0.3) is 0 Å². The average Bonchev–Trinajstić information content (AvgIpc) is 2.69. The number of allylic oxidation sites excluding steroid dienone is 2. The molecule has 1 amide bonds. The van der Waals surface area contributed by atoms with Crippen LogP contribution < -0.4 is 9.64 Å². The van der Waals surface area contributed by atoms with E-state index in [4.69, 9.17) is 4.74 Å². The molecule has 4 heteroatoms. The Balaban J connectivity index is 1.95. The van der Waals surface area contributed by atoms with Crippen LogP contribution in [0.5, 0.6) is 5.75 Å². The number of carbonyl (C=O) groups excluding carboxylic acids is 2. The van der Waals surface area contributed by atoms with Crippen molar-refractivity contribution in [3.63, 3.8) is 0 Å². The highest BCUT2D eigenvalue weighted by Gasteiger charge is 2.45. The first-order valence-corrected chi connectivity index (χ1v) is 10.5. The zero-order chi connectivity index (χ0) is 21.6. The molecule has 2 aromatic rings. The van der Waals surface area contributed by atoms with Crippen LogP contribution in [0.15, 0.2) is 53.7 Å². The Morgan fingerprint density at radius 1 is 1.00 bits per heavy atom. The zero-order valence-corrected chi connectivity index (χ0v) is 18.4. The van der Waals surface area contributed by atoms with Crippen molar-refractivity contribution in [3.05, 3.63) is 70.4 Å². The molecule has 0 saturated carbocycles. The van der Waals surface area contributed by atoms with Gasteiger partial charge in [-0.1, -0.05) is 44.2 Å². The number of amides is 1. The topological polar surface area (TPSA) is 46.6 Å². The average molecular weight is 404 g/mol. The van der Waals surface area contributed by atoms with Crippen molar-refractivity contribution in [2.45, 2.75) is 52.9 Å². The largest absolute Gasteiger partial charge is 0.496 e. The molecule has 4 nitrogen and oxygen atoms in total. The maximum Gasteiger partial charge on any atom is 0.232 e. The minimum Gasteiger partial charge on any atom is -0.496 e. The summed E-state index contributed by atoms with van der Waals surface area (Å²) in [6.07, 6.45) is 1.45. The van der Waals surface area contributed by atoms with Crippen LogP contribution >= 0.6 is 0 Å². The Bertz CT molecular complexity index is 1060. The molecule has 0 radical (unpaired) electrons. The number of aryl methyl sites for hydroxylation is 1. The van der Waals surface area contributed by atoms with E-state index in [1.807, 2.05) is 48.2 Å². The fourth-order valence-electron chi connectivity index (χ4n) is 4.89. The maximum absolute atomic E-state index is 13.6. The molecule has 0 spiro atoms. The number of para-hydroxylation sites is 1. The smallest absolute Gasteiger partial charge is 0.232 e. The van der Waals surface area contributed by atoms with E-state index in [0.29, 0.717) is 12.8 Å². The molecule has 2 aromatic carbocycles. The van der Waals surface area contributed by atoms with Gasteiger partial charge in [0.1, 0.15) is 5.75 Å². The van der Waals surface area contributed by atoms with E-state index in [1.54, 1.807) is 7.11 Å². The van der Waals surface area contributed by atoms with Crippen molar-refractivity contribution < 1.29 is 14.3 Å². The van der Waals surface area contributed by atoms with Gasteiger partial charge in [0.05, 0.1) is 12.8 Å². The first kappa shape index (κ1) is 20.4. The molecule has 0 saturated heterocycles. The number of ether oxygens (including phenoxy) is 1. The van der Waals surface area contributed by atoms with E-state index in [-0.39, 0.29) is 29.4 Å². The molecule has 0 fully saturated rings. The quantitative estimate of drug-likeness (QED) is 0.682. The monoisotopic (exact) mass is 403 g/mol. The summed E-state index contributed by atoms with van der Waals surface area (Å²) in [6.45, 7) is 8.30. The molecule has 1 unspecified atom stereocenters. The molecule has 4 rings (SSSR count). The van der Waals surface area contributed by atoms with Gasteiger partial charge in [0.2, 0.25) is 5.91 Å². The third-order valence-electron chi connectivity index (χ3n) is 6.47. The first-order chi connectivity index (χ1) is 14.2. The Morgan fingerprint density at radius 2 is 1.73 bits per heavy atom. The molecule has 0 bridgehead atoms. The maximum atomic E-state index is 13.6. The van der Waals surface area contributed by atoms with Gasteiger partial charge in [-0.25, -0.2) is 0 Å². The van der Waals surface area contributed by atoms with E-state index in [2.05, 4.69) is 26.8 Å². The highest BCUT2D eigenvalue weighted by atomic mass is 16.5. The van der Waals surface area contributed by atoms with Gasteiger partial charge in [0.25, 0.3) is 0 Å². The third kappa shape index (κ3) is 3.34. The lowest BCUT2D eigenvalue weighted by atomic mass is 9.69. The molecule has 1 aliphatic carbocycles. The standard InChI is InChI=1S/C26H29NO3/c1-16-9-8-11-20(17(16)2)27-21-14-26(3,4)15-22(28)25(21)19(13-24(27)29)18-10-6-7-12-23(18)30-5/h6-12,19H,13-15H2,1-5H3. The van der Waals surface area contributed by atoms with Gasteiger partial charge in [0.15, 0.2) is 5.78 Å². The lowest BCUT2D eigenvalue weighted by Crippen LogP contribution is -2.44. The van der Waals surface area contributed by atoms with Gasteiger partial charge in [-0.05, 0) is 48.9 Å². The summed E-state index contributed by atoms with van der Waals surface area (Å²) in [5.74, 6) is 0.623. The summed E-state index contributed by atoms with van der Waals surface area (Å²) >= 11 is 0. The van der Waals surface area contributed by atoms with Crippen LogP contribution in [0.3, 0.4) is 0 Å². The summed E-state index contributed by atoms with van der Waals surface area (Å²) in [5, 5.41) is 0. The number of Topliss-reactive ketones (excluding diaryl/α,β-unsaturated/α-hetero) is 1. The lowest BCUT2D eigenvalue weighted by molar-refractivity contribution is -0.121. The van der Waals surface area contributed by atoms with Gasteiger partial charge < -0.3 is 4.74 Å². The summed E-state index contributed by atoms with van der Waals surface area (Å²) in [6, 6.07) is 13.7. The molecule has 156 valence electrons. The van der Waals surface area contributed by atoms with Crippen molar-refractivity contribution in [1.82, 2.24) is 0 Å². The van der Waals surface area contributed by atoms with Crippen LogP contribution in [0.4, 0.5) is 5.69 Å². The fourth-order valence-corrected chi connectivity index (χ4v) is 4.89. The SMILES string of the molecule is COc1ccccc1C1CC(=O)N(c2cccc(C)c2C)C2=C1C(=O)CC(C)(C)C2. The minimum absolute atomic E-state index is 0.0313. The van der Waals surface area contributed by atoms with Crippen LogP contribution in [0.2, 0.25) is 0 Å². The summed E-state index contributed by atoms with van der Waals surface area (Å²) in [7, 11) is 1.63. The van der Waals surface area contributed by atoms with Crippen LogP contribution in [0, 0.1) is 19.3 Å². The van der Waals surface area contributed by atoms with Crippen molar-refractivity contribution in [3.8, 4) is 5.75 Å². The van der Waals surface area contributed by atoms with Gasteiger partial charge in [0, 0.05) is 35.6 Å². The van der Waals surface area contributed by atoms with E-state index in [0.717, 1.165) is 39.4 Å². The van der Waals surface area contributed by atoms with Crippen molar-refractivity contribution >= 4 is 17.4 Å². The van der Waals surface area contributed by atoms with Gasteiger partial charge in [-0.2, -0.15) is 0 Å². The van der Waals surface area contributed by atoms with Crippen molar-refractivity contribution in [1.29, 1.82) is 0 Å². The van der Waals surface area contributed by atoms with E-state index >= 15 is 0 Å². The Morgan fingerprint density at radius 3 is 2.47 bits per heavy atom. The van der Waals surface area contributed by atoms with E-state index in [9.17, 15) is 9.59 Å². The highest BCUT2D eigenvalue weighted by Crippen LogP contribution is 2.49. The molecular weight excluding hydrogens is 374 g/mol. The van der Waals surface area contributed by atoms with Crippen LogP contribution in [-0.4, -0.2) is 18.8 Å². The molecule has 30 heavy (non-hydrogen) atoms. The molecular formula is C26H29NO3. The molecule has 1 heterocycles. The number of anilines is 1. The molecule has 0 N–H and O–H groups in total. The highest BCUT2D eigenvalue weighted by molar-refractivity contribution is 6.08. The fraction of sp³-hybridized carbons (Fsp3) is 0.385. The third-order valence-corrected chi connectivity index (χ3v) is 6.47. The lowest BCUT2D eigenvalue weighted by Gasteiger charge is -2.43. The number of hydrogen-bond donors (Lipinski definition) is 0. The second kappa shape index (κ2) is 7.42. The number of hydrogen-bond acceptors (Lipinski definition) is 3. The Kier molecular flexibility index (Phi) is 5.05. The number of ketones is 1. The Labute approximate surface area is 178 Å². The minimum atomic E-state index is -0.270. The van der Waals surface area contributed by atoms with Gasteiger partial charge in [-0.15, -0.1) is 0 Å². The van der Waals surface area contributed by atoms with Crippen LogP contribution in [-0.2, 0) is 9.59 Å². The number of nitrogens with zero attached hydrogens (tertiary/aromatic N) is 1. The molecule has 1 aliphatic heterocycles. The van der Waals surface area contributed by atoms with E-state index < -0.39 is 0 Å². The van der Waals surface area contributed by atoms with Gasteiger partial charge in [-0.3, -0.25) is 14.5 Å². The normalized spacial score (nSPS) is 21.0. The summed E-state index contributed by atoms with van der Waals surface area (Å²) < 4.78 is 5.58. The molecule has 0 aromatic heterocycles. The van der Waals surface area contributed by atoms with Crippen molar-refractivity contribution in [2.75, 3.05) is 12.0 Å². The Hall–Kier alpha value is -2.88. The number of methoxy groups -OCH3 is 1. The van der Waals surface area contributed by atoms with Gasteiger partial charge >= 0.3 is 0 Å². The van der Waals surface area contributed by atoms with Crippen LogP contribution in [0.1, 0.15) is 55.7 Å². The second-order valence-electron chi connectivity index (χ2n) is 9.25. The predicted molar refractivity (Wildman–Crippen MR) is 119 cm³/mol. The zero-order valence-electron chi connectivity index (χ0n) is 18.4. The number of carbonyl (C=O) groups is 2. The molecule has 1 atom stereocenters. The predicted octanol–water partition coefficient (Wildman–Crippen LogP) is 5.48. The second-order valence-corrected chi connectivity index (χ2v) is 9.25. The summed E-state index contributed by atoms with van der Waals surface area (Å²) in [5.41, 5.74) is 5.46. The molecule has 2 aliphatic rings. The van der Waals surface area contributed by atoms with E-state index in [1.165, 1.54) is 0 Å². The first-order valence-electron chi connectivity index (χ1n) is 10.5. The van der Waals surface area contributed by atoms with Crippen molar-refractivity contribution in [2.24, 2.45) is 5.41 Å². The summed E-state index contributed by atoms with van der Waals surface area (Å²) in [4.78, 5) is 28.8. The number of rotatable bonds is 3.